The second-order valence-electron chi connectivity index (χ2n) is 7.07. The average molecular weight is 536 g/mol. The van der Waals surface area contributed by atoms with Crippen LogP contribution in [0.3, 0.4) is 0 Å². The van der Waals surface area contributed by atoms with E-state index in [9.17, 15) is 19.3 Å². The fourth-order valence-corrected chi connectivity index (χ4v) is 5.69. The molecule has 13 nitrogen and oxygen atoms in total. The number of ether oxygens (including phenoxy) is 1. The van der Waals surface area contributed by atoms with E-state index < -0.39 is 32.9 Å². The number of nitrogens with two attached hydrogens (primary N) is 1. The fraction of sp³-hybridized carbons (Fsp3) is 0.611. The number of carbonyl (C=O) groups excluding carboxylic acids is 2. The third kappa shape index (κ3) is 7.21. The topological polar surface area (TPSA) is 178 Å². The lowest BCUT2D eigenvalue weighted by Gasteiger charge is -2.23. The number of phosphoric acid groups is 1. The number of imidazole rings is 1. The first-order valence-corrected chi connectivity index (χ1v) is 13.7. The first-order valence-electron chi connectivity index (χ1n) is 10.3. The van der Waals surface area contributed by atoms with Gasteiger partial charge >= 0.3 is 7.82 Å². The Hall–Kier alpha value is -1.58. The van der Waals surface area contributed by atoms with Crippen LogP contribution in [0.5, 0.6) is 0 Å². The van der Waals surface area contributed by atoms with Crippen LogP contribution >= 0.6 is 31.3 Å². The van der Waals surface area contributed by atoms with Gasteiger partial charge in [0.25, 0.3) is 0 Å². The number of aliphatic hydroxyl groups is 1. The van der Waals surface area contributed by atoms with Crippen molar-refractivity contribution in [2.45, 2.75) is 38.7 Å². The van der Waals surface area contributed by atoms with Gasteiger partial charge in [-0.3, -0.25) is 27.7 Å². The van der Waals surface area contributed by atoms with Crippen LogP contribution in [0.15, 0.2) is 12.7 Å². The quantitative estimate of drug-likeness (QED) is 0.297. The molecule has 0 aliphatic carbocycles. The molecule has 3 unspecified atom stereocenters. The number of aromatic nitrogens is 4. The van der Waals surface area contributed by atoms with E-state index in [0.29, 0.717) is 11.2 Å². The summed E-state index contributed by atoms with van der Waals surface area (Å²) in [7, 11) is -4.11. The second-order valence-corrected chi connectivity index (χ2v) is 11.2. The van der Waals surface area contributed by atoms with Crippen molar-refractivity contribution < 1.29 is 37.6 Å². The number of phosphoric ester groups is 1. The van der Waals surface area contributed by atoms with E-state index >= 15 is 0 Å². The summed E-state index contributed by atoms with van der Waals surface area (Å²) >= 11 is 2.02. The van der Waals surface area contributed by atoms with E-state index in [1.165, 1.54) is 26.5 Å². The smallest absolute Gasteiger partial charge is 0.394 e. The molecule has 0 spiro atoms. The van der Waals surface area contributed by atoms with Crippen molar-refractivity contribution in [2.24, 2.45) is 0 Å². The van der Waals surface area contributed by atoms with E-state index in [2.05, 4.69) is 15.0 Å². The molecule has 0 amide bonds. The SMILES string of the molecule is CC(=O)SCCOP(=O)(OCCSC(C)=O)OC1CC(n2cnc3c(N)ncnc32)OC1CO. The number of nitrogen functional groups attached to an aromatic ring is 1. The minimum absolute atomic E-state index is 0.0650. The Kier molecular flexibility index (Phi) is 9.85. The number of hydrogen-bond donors (Lipinski definition) is 2. The Morgan fingerprint density at radius 2 is 1.85 bits per heavy atom. The number of rotatable bonds is 12. The third-order valence-corrected chi connectivity index (χ3v) is 7.68. The van der Waals surface area contributed by atoms with Gasteiger partial charge in [-0.2, -0.15) is 0 Å². The molecule has 188 valence electrons. The first-order chi connectivity index (χ1) is 16.2. The van der Waals surface area contributed by atoms with Crippen LogP contribution < -0.4 is 5.73 Å². The maximum atomic E-state index is 13.3. The predicted octanol–water partition coefficient (Wildman–Crippen LogP) is 1.77. The van der Waals surface area contributed by atoms with Crippen molar-refractivity contribution in [3.05, 3.63) is 12.7 Å². The van der Waals surface area contributed by atoms with Crippen molar-refractivity contribution in [3.8, 4) is 0 Å². The number of anilines is 1. The van der Waals surface area contributed by atoms with Crippen molar-refractivity contribution in [1.29, 1.82) is 0 Å². The molecule has 34 heavy (non-hydrogen) atoms. The van der Waals surface area contributed by atoms with Crippen molar-refractivity contribution >= 4 is 58.6 Å². The van der Waals surface area contributed by atoms with E-state index in [1.807, 2.05) is 0 Å². The van der Waals surface area contributed by atoms with Crippen LogP contribution in [0.2, 0.25) is 0 Å². The fourth-order valence-electron chi connectivity index (χ4n) is 3.16. The monoisotopic (exact) mass is 535 g/mol. The van der Waals surface area contributed by atoms with Crippen molar-refractivity contribution in [1.82, 2.24) is 19.5 Å². The molecule has 1 fully saturated rings. The van der Waals surface area contributed by atoms with E-state index in [0.717, 1.165) is 23.5 Å². The van der Waals surface area contributed by atoms with E-state index in [4.69, 9.17) is 24.0 Å². The minimum Gasteiger partial charge on any atom is -0.394 e. The van der Waals surface area contributed by atoms with Gasteiger partial charge in [0, 0.05) is 31.8 Å². The van der Waals surface area contributed by atoms with Crippen LogP contribution in [0.25, 0.3) is 11.2 Å². The molecule has 3 N–H and O–H groups in total. The number of thioether (sulfide) groups is 2. The summed E-state index contributed by atoms with van der Waals surface area (Å²) in [5.74, 6) is 0.721. The van der Waals surface area contributed by atoms with Gasteiger partial charge in [-0.15, -0.1) is 0 Å². The lowest BCUT2D eigenvalue weighted by atomic mass is 10.2. The van der Waals surface area contributed by atoms with Crippen LogP contribution in [-0.2, 0) is 32.5 Å². The molecule has 3 heterocycles. The van der Waals surface area contributed by atoms with Crippen LogP contribution in [0.1, 0.15) is 26.5 Å². The van der Waals surface area contributed by atoms with Crippen LogP contribution in [-0.4, -0.2) is 78.4 Å². The predicted molar refractivity (Wildman–Crippen MR) is 126 cm³/mol. The highest BCUT2D eigenvalue weighted by Gasteiger charge is 2.43. The van der Waals surface area contributed by atoms with Gasteiger partial charge in [-0.05, 0) is 0 Å². The van der Waals surface area contributed by atoms with Gasteiger partial charge in [0.05, 0.1) is 26.1 Å². The van der Waals surface area contributed by atoms with Crippen molar-refractivity contribution in [3.63, 3.8) is 0 Å². The van der Waals surface area contributed by atoms with Gasteiger partial charge in [-0.25, -0.2) is 19.5 Å². The number of nitrogens with zero attached hydrogens (tertiary/aromatic N) is 4. The van der Waals surface area contributed by atoms with E-state index in [1.54, 1.807) is 4.57 Å². The summed E-state index contributed by atoms with van der Waals surface area (Å²) in [6, 6.07) is 0. The van der Waals surface area contributed by atoms with E-state index in [-0.39, 0.29) is 47.2 Å². The molecule has 1 aliphatic rings. The Bertz CT molecular complexity index is 1030. The average Bonchev–Trinajstić information content (AvgIpc) is 3.39. The molecule has 3 rings (SSSR count). The first kappa shape index (κ1) is 27.0. The zero-order valence-corrected chi connectivity index (χ0v) is 21.1. The summed E-state index contributed by atoms with van der Waals surface area (Å²) in [6.07, 6.45) is 0.648. The van der Waals surface area contributed by atoms with Gasteiger partial charge in [0.1, 0.15) is 30.3 Å². The number of aliphatic hydroxyl groups excluding tert-OH is 1. The van der Waals surface area contributed by atoms with Gasteiger partial charge in [0.2, 0.25) is 0 Å². The summed E-state index contributed by atoms with van der Waals surface area (Å²) in [5.41, 5.74) is 6.68. The standard InChI is InChI=1S/C18H26N5O8PS2/c1-11(25)33-5-3-28-32(27,29-4-6-34-12(2)26)31-13-7-15(30-14(13)8-24)23-10-22-16-17(19)20-9-21-18(16)23/h9-10,13-15,24H,3-8H2,1-2H3,(H2,19,20,21). The lowest BCUT2D eigenvalue weighted by molar-refractivity contribution is -0.109. The molecule has 2 aromatic heterocycles. The highest BCUT2D eigenvalue weighted by atomic mass is 32.2. The highest BCUT2D eigenvalue weighted by molar-refractivity contribution is 8.13. The number of carbonyl (C=O) groups is 2. The Balaban J connectivity index is 1.71. The van der Waals surface area contributed by atoms with Gasteiger partial charge in [0.15, 0.2) is 21.7 Å². The molecular formula is C18H26N5O8PS2. The summed E-state index contributed by atoms with van der Waals surface area (Å²) < 4.78 is 37.4. The highest BCUT2D eigenvalue weighted by Crippen LogP contribution is 2.53. The largest absolute Gasteiger partial charge is 0.475 e. The normalized spacial score (nSPS) is 20.7. The third-order valence-electron chi connectivity index (χ3n) is 4.60. The molecule has 0 radical (unpaired) electrons. The van der Waals surface area contributed by atoms with Crippen molar-refractivity contribution in [2.75, 3.05) is 37.1 Å². The molecule has 0 saturated carbocycles. The molecule has 16 heteroatoms. The maximum absolute atomic E-state index is 13.3. The lowest BCUT2D eigenvalue weighted by Crippen LogP contribution is -2.27. The molecule has 3 atom stereocenters. The Labute approximate surface area is 204 Å². The maximum Gasteiger partial charge on any atom is 0.475 e. The summed E-state index contributed by atoms with van der Waals surface area (Å²) in [5, 5.41) is 9.61. The molecular weight excluding hydrogens is 509 g/mol. The van der Waals surface area contributed by atoms with Gasteiger partial charge < -0.3 is 15.6 Å². The van der Waals surface area contributed by atoms with Crippen LogP contribution in [0.4, 0.5) is 5.82 Å². The summed E-state index contributed by atoms with van der Waals surface area (Å²) in [4.78, 5) is 34.6. The number of hydrogen-bond acceptors (Lipinski definition) is 14. The van der Waals surface area contributed by atoms with Gasteiger partial charge in [-0.1, -0.05) is 23.5 Å². The molecule has 0 aromatic carbocycles. The molecule has 2 aromatic rings. The summed E-state index contributed by atoms with van der Waals surface area (Å²) in [6.45, 7) is 2.28. The molecule has 1 aliphatic heterocycles. The zero-order valence-electron chi connectivity index (χ0n) is 18.6. The number of fused-ring (bicyclic) bond motifs is 1. The molecule has 0 bridgehead atoms. The molecule has 1 saturated heterocycles. The minimum atomic E-state index is -4.11. The Morgan fingerprint density at radius 1 is 1.21 bits per heavy atom. The zero-order chi connectivity index (χ0) is 24.7. The second kappa shape index (κ2) is 12.4. The van der Waals surface area contributed by atoms with Crippen LogP contribution in [0, 0.1) is 0 Å². The Morgan fingerprint density at radius 3 is 2.44 bits per heavy atom.